The van der Waals surface area contributed by atoms with Crippen molar-refractivity contribution in [3.05, 3.63) is 72.1 Å². The van der Waals surface area contributed by atoms with Gasteiger partial charge in [0.25, 0.3) is 0 Å². The molecule has 2 atom stereocenters. The zero-order valence-corrected chi connectivity index (χ0v) is 17.5. The van der Waals surface area contributed by atoms with E-state index in [2.05, 4.69) is 86.3 Å². The molecule has 1 aliphatic heterocycles. The summed E-state index contributed by atoms with van der Waals surface area (Å²) in [5.41, 5.74) is 4.17. The van der Waals surface area contributed by atoms with Crippen molar-refractivity contribution in [2.75, 3.05) is 11.9 Å². The molecule has 1 N–H and O–H groups in total. The fraction of sp³-hybridized carbons (Fsp3) is 0.348. The van der Waals surface area contributed by atoms with Gasteiger partial charge in [0.15, 0.2) is 0 Å². The topological polar surface area (TPSA) is 28.2 Å². The van der Waals surface area contributed by atoms with E-state index in [0.717, 1.165) is 19.0 Å². The Morgan fingerprint density at radius 1 is 1.04 bits per heavy atom. The molecule has 5 rings (SSSR count). The maximum absolute atomic E-state index is 4.24. The fourth-order valence-corrected chi connectivity index (χ4v) is 5.14. The van der Waals surface area contributed by atoms with E-state index in [1.54, 1.807) is 0 Å². The molecule has 1 saturated heterocycles. The van der Waals surface area contributed by atoms with Crippen LogP contribution in [0.1, 0.15) is 36.3 Å². The van der Waals surface area contributed by atoms with Gasteiger partial charge in [-0.2, -0.15) is 0 Å². The molecule has 1 aliphatic carbocycles. The lowest BCUT2D eigenvalue weighted by Crippen LogP contribution is -2.33. The minimum atomic E-state index is 0.468. The molecule has 138 valence electrons. The summed E-state index contributed by atoms with van der Waals surface area (Å²) < 4.78 is 0.489. The Balaban J connectivity index is 1.27. The third-order valence-corrected chi connectivity index (χ3v) is 7.50. The number of pyridine rings is 1. The second-order valence-corrected chi connectivity index (χ2v) is 9.08. The van der Waals surface area contributed by atoms with E-state index in [4.69, 9.17) is 0 Å². The molecule has 2 aromatic carbocycles. The minimum absolute atomic E-state index is 0.468. The molecule has 2 aliphatic rings. The molecule has 2 heterocycles. The summed E-state index contributed by atoms with van der Waals surface area (Å²) in [7, 11) is 0. The third-order valence-electron chi connectivity index (χ3n) is 5.84. The SMILES string of the molecule is IC1C(Nc2cccc3cnccc23)CCN1Cc1ccc(C2CC2)cc1. The van der Waals surface area contributed by atoms with Gasteiger partial charge in [0.1, 0.15) is 0 Å². The van der Waals surface area contributed by atoms with Crippen molar-refractivity contribution in [2.24, 2.45) is 0 Å². The predicted octanol–water partition coefficient (Wildman–Crippen LogP) is 5.56. The Bertz CT molecular complexity index is 931. The summed E-state index contributed by atoms with van der Waals surface area (Å²) >= 11 is 2.61. The van der Waals surface area contributed by atoms with Crippen LogP contribution in [0.4, 0.5) is 5.69 Å². The van der Waals surface area contributed by atoms with Gasteiger partial charge in [0, 0.05) is 41.9 Å². The largest absolute Gasteiger partial charge is 0.379 e. The maximum atomic E-state index is 4.24. The summed E-state index contributed by atoms with van der Waals surface area (Å²) in [6.07, 6.45) is 7.74. The number of rotatable bonds is 5. The minimum Gasteiger partial charge on any atom is -0.379 e. The van der Waals surface area contributed by atoms with Crippen LogP contribution in [0.2, 0.25) is 0 Å². The molecule has 4 heteroatoms. The number of halogens is 1. The molecule has 0 amide bonds. The van der Waals surface area contributed by atoms with E-state index in [0.29, 0.717) is 10.1 Å². The normalized spacial score (nSPS) is 23.0. The summed E-state index contributed by atoms with van der Waals surface area (Å²) in [5.74, 6) is 0.840. The highest BCUT2D eigenvalue weighted by Gasteiger charge is 2.32. The highest BCUT2D eigenvalue weighted by molar-refractivity contribution is 14.1. The number of hydrogen-bond acceptors (Lipinski definition) is 3. The van der Waals surface area contributed by atoms with Crippen LogP contribution in [0, 0.1) is 0 Å². The van der Waals surface area contributed by atoms with Gasteiger partial charge >= 0.3 is 0 Å². The van der Waals surface area contributed by atoms with Crippen molar-refractivity contribution < 1.29 is 0 Å². The summed E-state index contributed by atoms with van der Waals surface area (Å²) in [6.45, 7) is 2.18. The van der Waals surface area contributed by atoms with Crippen LogP contribution in [0.5, 0.6) is 0 Å². The molecular weight excluding hydrogens is 445 g/mol. The first-order valence-corrected chi connectivity index (χ1v) is 11.1. The van der Waals surface area contributed by atoms with Gasteiger partial charge in [-0.25, -0.2) is 0 Å². The summed E-state index contributed by atoms with van der Waals surface area (Å²) in [4.78, 5) is 6.84. The number of anilines is 1. The van der Waals surface area contributed by atoms with Crippen LogP contribution in [-0.2, 0) is 6.54 Å². The first-order chi connectivity index (χ1) is 13.3. The van der Waals surface area contributed by atoms with E-state index in [-0.39, 0.29) is 0 Å². The van der Waals surface area contributed by atoms with E-state index in [1.165, 1.54) is 46.8 Å². The fourth-order valence-electron chi connectivity index (χ4n) is 4.12. The van der Waals surface area contributed by atoms with Crippen molar-refractivity contribution in [1.29, 1.82) is 0 Å². The Labute approximate surface area is 174 Å². The van der Waals surface area contributed by atoms with E-state index >= 15 is 0 Å². The molecule has 3 nitrogen and oxygen atoms in total. The molecule has 27 heavy (non-hydrogen) atoms. The number of nitrogens with one attached hydrogen (secondary N) is 1. The molecule has 3 aromatic rings. The Kier molecular flexibility index (Phi) is 4.78. The average molecular weight is 469 g/mol. The van der Waals surface area contributed by atoms with Gasteiger partial charge in [0.05, 0.1) is 10.1 Å². The number of alkyl halides is 1. The van der Waals surface area contributed by atoms with Crippen molar-refractivity contribution in [2.45, 2.75) is 41.8 Å². The van der Waals surface area contributed by atoms with Crippen molar-refractivity contribution in [3.63, 3.8) is 0 Å². The standard InChI is InChI=1S/C23H24IN3/c24-23-22(26-21-3-1-2-19-14-25-12-10-20(19)21)11-13-27(23)15-16-4-6-17(7-5-16)18-8-9-18/h1-7,10,12,14,18,22-23,26H,8-9,11,13,15H2. The Morgan fingerprint density at radius 2 is 1.89 bits per heavy atom. The van der Waals surface area contributed by atoms with E-state index < -0.39 is 0 Å². The number of benzene rings is 2. The molecule has 1 aromatic heterocycles. The second-order valence-electron chi connectivity index (χ2n) is 7.80. The molecule has 2 unspecified atom stereocenters. The number of aromatic nitrogens is 1. The lowest BCUT2D eigenvalue weighted by Gasteiger charge is -2.25. The van der Waals surface area contributed by atoms with Crippen LogP contribution in [-0.4, -0.2) is 26.5 Å². The molecule has 0 radical (unpaired) electrons. The van der Waals surface area contributed by atoms with E-state index in [1.807, 2.05) is 12.4 Å². The van der Waals surface area contributed by atoms with Crippen molar-refractivity contribution >= 4 is 39.1 Å². The zero-order valence-electron chi connectivity index (χ0n) is 15.3. The van der Waals surface area contributed by atoms with Crippen molar-refractivity contribution in [1.82, 2.24) is 9.88 Å². The smallest absolute Gasteiger partial charge is 0.0826 e. The number of nitrogens with zero attached hydrogens (tertiary/aromatic N) is 2. The predicted molar refractivity (Wildman–Crippen MR) is 120 cm³/mol. The summed E-state index contributed by atoms with van der Waals surface area (Å²) in [6, 6.07) is 18.3. The van der Waals surface area contributed by atoms with Crippen LogP contribution in [0.25, 0.3) is 10.8 Å². The number of likely N-dealkylation sites (tertiary alicyclic amines) is 1. The molecule has 2 fully saturated rings. The van der Waals surface area contributed by atoms with Crippen molar-refractivity contribution in [3.8, 4) is 0 Å². The highest BCUT2D eigenvalue weighted by Crippen LogP contribution is 2.40. The van der Waals surface area contributed by atoms with Gasteiger partial charge in [0.2, 0.25) is 0 Å². The Morgan fingerprint density at radius 3 is 2.70 bits per heavy atom. The first-order valence-electron chi connectivity index (χ1n) is 9.84. The van der Waals surface area contributed by atoms with E-state index in [9.17, 15) is 0 Å². The number of hydrogen-bond donors (Lipinski definition) is 1. The lowest BCUT2D eigenvalue weighted by atomic mass is 10.1. The molecule has 0 bridgehead atoms. The molecule has 0 spiro atoms. The number of fused-ring (bicyclic) bond motifs is 1. The van der Waals surface area contributed by atoms with Crippen LogP contribution in [0.15, 0.2) is 60.9 Å². The van der Waals surface area contributed by atoms with Crippen LogP contribution in [0.3, 0.4) is 0 Å². The first kappa shape index (κ1) is 17.4. The van der Waals surface area contributed by atoms with Crippen LogP contribution >= 0.6 is 22.6 Å². The monoisotopic (exact) mass is 469 g/mol. The van der Waals surface area contributed by atoms with Gasteiger partial charge in [-0.3, -0.25) is 9.88 Å². The zero-order chi connectivity index (χ0) is 18.2. The van der Waals surface area contributed by atoms with Gasteiger partial charge in [-0.05, 0) is 48.4 Å². The maximum Gasteiger partial charge on any atom is 0.0826 e. The Hall–Kier alpha value is -1.66. The quantitative estimate of drug-likeness (QED) is 0.301. The lowest BCUT2D eigenvalue weighted by molar-refractivity contribution is 0.316. The molecule has 1 saturated carbocycles. The van der Waals surface area contributed by atoms with Gasteiger partial charge in [-0.1, -0.05) is 59.0 Å². The highest BCUT2D eigenvalue weighted by atomic mass is 127. The third kappa shape index (κ3) is 3.69. The second kappa shape index (κ2) is 7.40. The van der Waals surface area contributed by atoms with Crippen LogP contribution < -0.4 is 5.32 Å². The van der Waals surface area contributed by atoms with Gasteiger partial charge < -0.3 is 5.32 Å². The molecular formula is C23H24IN3. The average Bonchev–Trinajstić information content (AvgIpc) is 3.50. The summed E-state index contributed by atoms with van der Waals surface area (Å²) in [5, 5.41) is 6.25. The van der Waals surface area contributed by atoms with Gasteiger partial charge in [-0.15, -0.1) is 0 Å².